The highest BCUT2D eigenvalue weighted by molar-refractivity contribution is 6.36. The number of aromatic nitrogens is 2. The number of nitrogens with zero attached hydrogens (tertiary/aromatic N) is 1. The van der Waals surface area contributed by atoms with Crippen molar-refractivity contribution in [1.29, 1.82) is 0 Å². The maximum Gasteiger partial charge on any atom is 0.258 e. The third kappa shape index (κ3) is 4.79. The number of aryl methyl sites for hydroxylation is 1. The lowest BCUT2D eigenvalue weighted by Crippen LogP contribution is -2.36. The highest BCUT2D eigenvalue weighted by atomic mass is 35.5. The van der Waals surface area contributed by atoms with Crippen molar-refractivity contribution in [1.82, 2.24) is 9.97 Å². The lowest BCUT2D eigenvalue weighted by atomic mass is 9.92. The number of nitrogens with one attached hydrogen (secondary N) is 4. The lowest BCUT2D eigenvalue weighted by Gasteiger charge is -2.24. The van der Waals surface area contributed by atoms with E-state index in [0.29, 0.717) is 27.2 Å². The Morgan fingerprint density at radius 2 is 1.94 bits per heavy atom. The number of fused-ring (bicyclic) bond motifs is 1. The summed E-state index contributed by atoms with van der Waals surface area (Å²) in [7, 11) is 1.49. The van der Waals surface area contributed by atoms with Crippen LogP contribution >= 0.6 is 23.2 Å². The first-order valence-corrected chi connectivity index (χ1v) is 10.6. The molecule has 2 amide bonds. The van der Waals surface area contributed by atoms with Gasteiger partial charge in [0.1, 0.15) is 11.6 Å². The molecule has 11 heteroatoms. The van der Waals surface area contributed by atoms with Gasteiger partial charge >= 0.3 is 0 Å². The molecule has 0 saturated carbocycles. The zero-order chi connectivity index (χ0) is 23.7. The predicted molar refractivity (Wildman–Crippen MR) is 127 cm³/mol. The Hall–Kier alpha value is -3.56. The summed E-state index contributed by atoms with van der Waals surface area (Å²) in [5, 5.41) is 8.97. The number of hydrogen-bond donors (Lipinski definition) is 4. The average molecular weight is 488 g/mol. The van der Waals surface area contributed by atoms with Crippen molar-refractivity contribution < 1.29 is 14.3 Å². The van der Waals surface area contributed by atoms with Gasteiger partial charge in [-0.1, -0.05) is 29.3 Å². The van der Waals surface area contributed by atoms with E-state index >= 15 is 0 Å². The number of benzene rings is 2. The number of aromatic amines is 1. The number of methoxy groups -OCH3 is 1. The second-order valence-corrected chi connectivity index (χ2v) is 8.27. The zero-order valence-electron chi connectivity index (χ0n) is 17.6. The van der Waals surface area contributed by atoms with Crippen LogP contribution in [0.2, 0.25) is 10.0 Å². The van der Waals surface area contributed by atoms with Crippen molar-refractivity contribution in [2.24, 2.45) is 0 Å². The lowest BCUT2D eigenvalue weighted by molar-refractivity contribution is -0.123. The van der Waals surface area contributed by atoms with Gasteiger partial charge in [-0.2, -0.15) is 4.98 Å². The van der Waals surface area contributed by atoms with Crippen LogP contribution in [0, 0.1) is 6.92 Å². The molecule has 1 aliphatic rings. The van der Waals surface area contributed by atoms with Gasteiger partial charge in [-0.3, -0.25) is 19.4 Å². The minimum atomic E-state index is -1.04. The molecule has 0 unspecified atom stereocenters. The van der Waals surface area contributed by atoms with Crippen LogP contribution < -0.4 is 26.2 Å². The first-order valence-electron chi connectivity index (χ1n) is 9.87. The first kappa shape index (κ1) is 22.6. The number of ether oxygens (including phenoxy) is 1. The Kier molecular flexibility index (Phi) is 6.26. The van der Waals surface area contributed by atoms with E-state index in [4.69, 9.17) is 27.9 Å². The summed E-state index contributed by atoms with van der Waals surface area (Å²) in [5.41, 5.74) is 1.29. The third-order valence-electron chi connectivity index (χ3n) is 5.06. The number of amides is 2. The second kappa shape index (κ2) is 9.13. The van der Waals surface area contributed by atoms with Crippen LogP contribution in [-0.2, 0) is 9.59 Å². The molecular formula is C22H19Cl2N5O4. The van der Waals surface area contributed by atoms with Crippen LogP contribution in [-0.4, -0.2) is 28.9 Å². The molecule has 0 spiro atoms. The molecule has 1 aromatic heterocycles. The minimum absolute atomic E-state index is 0.000979. The molecular weight excluding hydrogens is 469 g/mol. The standard InChI is InChI=1S/C22H19Cl2N5O4/c1-10-3-6-16(33-2)15(7-10)25-20(31)12-9-17(30)27-19-18(12)21(32)29-22(28-19)26-14-5-4-11(23)8-13(14)24/h3-8,12H,9H2,1-2H3,(H,25,31)(H3,26,27,28,29,30,32)/t12-/m1/s1. The molecule has 2 aromatic carbocycles. The van der Waals surface area contributed by atoms with Gasteiger partial charge in [0.25, 0.3) is 5.56 Å². The Bertz CT molecular complexity index is 1320. The number of rotatable bonds is 5. The van der Waals surface area contributed by atoms with Crippen LogP contribution in [0.5, 0.6) is 5.75 Å². The summed E-state index contributed by atoms with van der Waals surface area (Å²) >= 11 is 12.1. The summed E-state index contributed by atoms with van der Waals surface area (Å²) in [6, 6.07) is 10.1. The molecule has 0 fully saturated rings. The van der Waals surface area contributed by atoms with Gasteiger partial charge in [-0.25, -0.2) is 0 Å². The number of halogens is 2. The molecule has 2 heterocycles. The molecule has 0 bridgehead atoms. The van der Waals surface area contributed by atoms with Crippen molar-refractivity contribution >= 4 is 58.2 Å². The molecule has 1 atom stereocenters. The van der Waals surface area contributed by atoms with Gasteiger partial charge in [-0.05, 0) is 42.8 Å². The summed E-state index contributed by atoms with van der Waals surface area (Å²) in [4.78, 5) is 45.2. The van der Waals surface area contributed by atoms with Crippen molar-refractivity contribution in [3.05, 3.63) is 67.9 Å². The maximum absolute atomic E-state index is 13.1. The number of anilines is 4. The fourth-order valence-electron chi connectivity index (χ4n) is 3.51. The van der Waals surface area contributed by atoms with E-state index in [9.17, 15) is 14.4 Å². The topological polar surface area (TPSA) is 125 Å². The van der Waals surface area contributed by atoms with E-state index in [2.05, 4.69) is 25.9 Å². The summed E-state index contributed by atoms with van der Waals surface area (Å²) in [6.45, 7) is 1.87. The third-order valence-corrected chi connectivity index (χ3v) is 5.61. The highest BCUT2D eigenvalue weighted by Gasteiger charge is 2.35. The largest absolute Gasteiger partial charge is 0.495 e. The fraction of sp³-hybridized carbons (Fsp3) is 0.182. The molecule has 3 aromatic rings. The van der Waals surface area contributed by atoms with Gasteiger partial charge in [0.05, 0.1) is 35.0 Å². The molecule has 1 aliphatic heterocycles. The molecule has 0 radical (unpaired) electrons. The van der Waals surface area contributed by atoms with Gasteiger partial charge in [0.15, 0.2) is 0 Å². The van der Waals surface area contributed by atoms with E-state index in [0.717, 1.165) is 5.56 Å². The summed E-state index contributed by atoms with van der Waals surface area (Å²) < 4.78 is 5.29. The maximum atomic E-state index is 13.1. The van der Waals surface area contributed by atoms with E-state index in [1.807, 2.05) is 13.0 Å². The van der Waals surface area contributed by atoms with E-state index in [1.165, 1.54) is 13.2 Å². The van der Waals surface area contributed by atoms with Crippen molar-refractivity contribution in [2.75, 3.05) is 23.1 Å². The molecule has 0 aliphatic carbocycles. The summed E-state index contributed by atoms with van der Waals surface area (Å²) in [5.74, 6) is -1.50. The van der Waals surface area contributed by atoms with E-state index in [-0.39, 0.29) is 23.8 Å². The fourth-order valence-corrected chi connectivity index (χ4v) is 3.97. The van der Waals surface area contributed by atoms with Gasteiger partial charge in [-0.15, -0.1) is 0 Å². The van der Waals surface area contributed by atoms with Crippen molar-refractivity contribution in [3.63, 3.8) is 0 Å². The zero-order valence-corrected chi connectivity index (χ0v) is 19.1. The van der Waals surface area contributed by atoms with Crippen molar-refractivity contribution in [3.8, 4) is 5.75 Å². The Labute approximate surface area is 198 Å². The van der Waals surface area contributed by atoms with Gasteiger partial charge in [0.2, 0.25) is 17.8 Å². The normalized spacial score (nSPS) is 14.8. The number of carbonyl (C=O) groups is 2. The number of H-pyrrole nitrogens is 1. The molecule has 33 heavy (non-hydrogen) atoms. The average Bonchev–Trinajstić information content (AvgIpc) is 2.75. The monoisotopic (exact) mass is 487 g/mol. The SMILES string of the molecule is COc1ccc(C)cc1NC(=O)[C@@H]1CC(=O)Nc2nc(Nc3ccc(Cl)cc3Cl)[nH]c(=O)c21. The van der Waals surface area contributed by atoms with Crippen LogP contribution in [0.25, 0.3) is 0 Å². The Morgan fingerprint density at radius 1 is 1.15 bits per heavy atom. The van der Waals surface area contributed by atoms with Gasteiger partial charge < -0.3 is 20.7 Å². The quantitative estimate of drug-likeness (QED) is 0.427. The number of hydrogen-bond acceptors (Lipinski definition) is 6. The molecule has 9 nitrogen and oxygen atoms in total. The molecule has 4 rings (SSSR count). The smallest absolute Gasteiger partial charge is 0.258 e. The Balaban J connectivity index is 1.66. The highest BCUT2D eigenvalue weighted by Crippen LogP contribution is 2.33. The van der Waals surface area contributed by atoms with E-state index < -0.39 is 23.3 Å². The van der Waals surface area contributed by atoms with Crippen LogP contribution in [0.15, 0.2) is 41.2 Å². The van der Waals surface area contributed by atoms with Crippen LogP contribution in [0.1, 0.15) is 23.5 Å². The molecule has 0 saturated heterocycles. The molecule has 170 valence electrons. The summed E-state index contributed by atoms with van der Waals surface area (Å²) in [6.07, 6.45) is -0.201. The van der Waals surface area contributed by atoms with Crippen LogP contribution in [0.4, 0.5) is 23.1 Å². The second-order valence-electron chi connectivity index (χ2n) is 7.42. The Morgan fingerprint density at radius 3 is 2.67 bits per heavy atom. The first-order chi connectivity index (χ1) is 15.7. The predicted octanol–water partition coefficient (Wildman–Crippen LogP) is 4.20. The van der Waals surface area contributed by atoms with E-state index in [1.54, 1.807) is 24.3 Å². The number of carbonyl (C=O) groups excluding carboxylic acids is 2. The minimum Gasteiger partial charge on any atom is -0.495 e. The van der Waals surface area contributed by atoms with Crippen molar-refractivity contribution in [2.45, 2.75) is 19.3 Å². The van der Waals surface area contributed by atoms with Crippen LogP contribution in [0.3, 0.4) is 0 Å². The van der Waals surface area contributed by atoms with Gasteiger partial charge in [0, 0.05) is 11.4 Å². The molecule has 4 N–H and O–H groups in total.